The summed E-state index contributed by atoms with van der Waals surface area (Å²) in [6.07, 6.45) is 0.752. The van der Waals surface area contributed by atoms with Crippen molar-refractivity contribution in [3.63, 3.8) is 0 Å². The second-order valence-corrected chi connectivity index (χ2v) is 9.72. The maximum absolute atomic E-state index is 12.9. The van der Waals surface area contributed by atoms with Crippen molar-refractivity contribution in [3.05, 3.63) is 75.2 Å². The second kappa shape index (κ2) is 10.3. The summed E-state index contributed by atoms with van der Waals surface area (Å²) in [6, 6.07) is 12.9. The normalized spacial score (nSPS) is 14.7. The Morgan fingerprint density at radius 1 is 1.19 bits per heavy atom. The second-order valence-electron chi connectivity index (χ2n) is 9.28. The Hall–Kier alpha value is -3.82. The van der Waals surface area contributed by atoms with Crippen LogP contribution in [0.25, 0.3) is 22.4 Å². The number of hydrogen-bond acceptors (Lipinski definition) is 6. The average molecular weight is 521 g/mol. The van der Waals surface area contributed by atoms with Gasteiger partial charge >= 0.3 is 0 Å². The van der Waals surface area contributed by atoms with Gasteiger partial charge in [0.25, 0.3) is 5.56 Å². The van der Waals surface area contributed by atoms with Crippen LogP contribution in [-0.4, -0.2) is 63.6 Å². The Balaban J connectivity index is 1.42. The largest absolute Gasteiger partial charge is 0.387 e. The molecule has 1 saturated heterocycles. The van der Waals surface area contributed by atoms with E-state index >= 15 is 0 Å². The number of aliphatic hydroxyl groups is 1. The Bertz CT molecular complexity index is 1510. The van der Waals surface area contributed by atoms with E-state index in [1.54, 1.807) is 43.5 Å². The molecule has 37 heavy (non-hydrogen) atoms. The van der Waals surface area contributed by atoms with Crippen LogP contribution in [0.4, 0.5) is 11.4 Å². The van der Waals surface area contributed by atoms with Gasteiger partial charge in [0.15, 0.2) is 0 Å². The number of fused-ring (bicyclic) bond motifs is 1. The van der Waals surface area contributed by atoms with Crippen molar-refractivity contribution < 1.29 is 9.90 Å². The molecule has 2 aromatic carbocycles. The molecule has 1 amide bonds. The van der Waals surface area contributed by atoms with E-state index in [9.17, 15) is 14.7 Å². The molecule has 1 fully saturated rings. The van der Waals surface area contributed by atoms with Crippen LogP contribution in [0.5, 0.6) is 0 Å². The molecule has 0 saturated carbocycles. The Morgan fingerprint density at radius 2 is 1.97 bits per heavy atom. The van der Waals surface area contributed by atoms with Crippen molar-refractivity contribution in [1.29, 1.82) is 0 Å². The van der Waals surface area contributed by atoms with Gasteiger partial charge in [-0.2, -0.15) is 0 Å². The lowest BCUT2D eigenvalue weighted by molar-refractivity contribution is -0.129. The number of carbonyl (C=O) groups excluding carboxylic acids is 1. The lowest BCUT2D eigenvalue weighted by Crippen LogP contribution is -2.48. The molecule has 0 spiro atoms. The number of carbonyl (C=O) groups is 1. The van der Waals surface area contributed by atoms with E-state index < -0.39 is 6.10 Å². The quantitative estimate of drug-likeness (QED) is 0.308. The van der Waals surface area contributed by atoms with Crippen molar-refractivity contribution in [3.8, 4) is 11.4 Å². The van der Waals surface area contributed by atoms with E-state index in [1.807, 2.05) is 17.9 Å². The van der Waals surface area contributed by atoms with Crippen molar-refractivity contribution in [1.82, 2.24) is 19.9 Å². The van der Waals surface area contributed by atoms with Crippen LogP contribution < -0.4 is 15.8 Å². The van der Waals surface area contributed by atoms with Crippen molar-refractivity contribution in [2.45, 2.75) is 20.0 Å². The summed E-state index contributed by atoms with van der Waals surface area (Å²) < 4.78 is 0. The van der Waals surface area contributed by atoms with Crippen LogP contribution in [0.1, 0.15) is 24.2 Å². The molecule has 10 heteroatoms. The molecule has 5 rings (SSSR count). The highest BCUT2D eigenvalue weighted by atomic mass is 35.5. The Kier molecular flexibility index (Phi) is 6.90. The number of aryl methyl sites for hydroxylation is 1. The molecule has 1 aliphatic heterocycles. The van der Waals surface area contributed by atoms with Gasteiger partial charge in [0, 0.05) is 56.6 Å². The number of nitrogens with one attached hydrogen (secondary N) is 3. The number of H-pyrrole nitrogens is 2. The zero-order chi connectivity index (χ0) is 26.1. The summed E-state index contributed by atoms with van der Waals surface area (Å²) in [5.41, 5.74) is 4.97. The molecule has 0 aliphatic carbocycles. The van der Waals surface area contributed by atoms with E-state index in [-0.39, 0.29) is 18.0 Å². The molecule has 1 atom stereocenters. The topological polar surface area (TPSA) is 117 Å². The molecule has 0 radical (unpaired) electrons. The summed E-state index contributed by atoms with van der Waals surface area (Å²) in [7, 11) is 0. The first-order valence-corrected chi connectivity index (χ1v) is 12.6. The van der Waals surface area contributed by atoms with Gasteiger partial charge < -0.3 is 30.2 Å². The maximum Gasteiger partial charge on any atom is 0.261 e. The third-order valence-corrected chi connectivity index (χ3v) is 7.00. The molecule has 3 heterocycles. The number of anilines is 2. The minimum atomic E-state index is -0.810. The summed E-state index contributed by atoms with van der Waals surface area (Å²) >= 11 is 6.06. The van der Waals surface area contributed by atoms with E-state index in [2.05, 4.69) is 26.3 Å². The lowest BCUT2D eigenvalue weighted by atomic mass is 10.1. The first kappa shape index (κ1) is 24.9. The number of rotatable bonds is 6. The minimum absolute atomic E-state index is 0.0991. The first-order chi connectivity index (χ1) is 17.8. The van der Waals surface area contributed by atoms with Gasteiger partial charge in [0.2, 0.25) is 5.91 Å². The predicted molar refractivity (Wildman–Crippen MR) is 146 cm³/mol. The number of amides is 1. The fourth-order valence-electron chi connectivity index (χ4n) is 4.75. The van der Waals surface area contributed by atoms with Crippen LogP contribution in [0.2, 0.25) is 5.02 Å². The Labute approximate surface area is 219 Å². The number of aliphatic hydroxyl groups excluding tert-OH is 1. The highest BCUT2D eigenvalue weighted by Gasteiger charge is 2.21. The van der Waals surface area contributed by atoms with Crippen molar-refractivity contribution in [2.24, 2.45) is 0 Å². The number of nitrogens with zero attached hydrogens (tertiary/aromatic N) is 3. The predicted octanol–water partition coefficient (Wildman–Crippen LogP) is 3.69. The number of imidazole rings is 1. The van der Waals surface area contributed by atoms with Gasteiger partial charge in [-0.05, 0) is 48.4 Å². The van der Waals surface area contributed by atoms with Gasteiger partial charge in [0.1, 0.15) is 11.4 Å². The number of piperazine rings is 1. The molecule has 9 nitrogen and oxygen atoms in total. The highest BCUT2D eigenvalue weighted by molar-refractivity contribution is 6.30. The molecule has 2 aromatic heterocycles. The van der Waals surface area contributed by atoms with Gasteiger partial charge in [-0.25, -0.2) is 4.98 Å². The molecule has 0 bridgehead atoms. The third kappa shape index (κ3) is 5.19. The summed E-state index contributed by atoms with van der Waals surface area (Å²) in [6.45, 7) is 6.68. The zero-order valence-electron chi connectivity index (χ0n) is 20.7. The molecular weight excluding hydrogens is 492 g/mol. The van der Waals surface area contributed by atoms with E-state index in [1.165, 1.54) is 0 Å². The monoisotopic (exact) mass is 520 g/mol. The third-order valence-electron chi connectivity index (χ3n) is 6.77. The molecule has 4 aromatic rings. The number of halogens is 1. The maximum atomic E-state index is 12.9. The smallest absolute Gasteiger partial charge is 0.261 e. The van der Waals surface area contributed by atoms with Gasteiger partial charge in [-0.15, -0.1) is 0 Å². The molecule has 192 valence electrons. The van der Waals surface area contributed by atoms with E-state index in [0.29, 0.717) is 40.8 Å². The highest BCUT2D eigenvalue weighted by Crippen LogP contribution is 2.30. The van der Waals surface area contributed by atoms with Crippen LogP contribution in [0, 0.1) is 6.92 Å². The zero-order valence-corrected chi connectivity index (χ0v) is 21.5. The summed E-state index contributed by atoms with van der Waals surface area (Å²) in [4.78, 5) is 39.5. The average Bonchev–Trinajstić information content (AvgIpc) is 3.31. The number of aromatic nitrogens is 3. The minimum Gasteiger partial charge on any atom is -0.387 e. The van der Waals surface area contributed by atoms with E-state index in [4.69, 9.17) is 16.6 Å². The van der Waals surface area contributed by atoms with Gasteiger partial charge in [0.05, 0.1) is 22.8 Å². The summed E-state index contributed by atoms with van der Waals surface area (Å²) in [5, 5.41) is 14.4. The molecule has 1 aliphatic rings. The van der Waals surface area contributed by atoms with Gasteiger partial charge in [-0.1, -0.05) is 23.7 Å². The number of aromatic amines is 2. The first-order valence-electron chi connectivity index (χ1n) is 12.2. The fraction of sp³-hybridized carbons (Fsp3) is 0.296. The van der Waals surface area contributed by atoms with Crippen molar-refractivity contribution >= 4 is 39.9 Å². The van der Waals surface area contributed by atoms with E-state index in [0.717, 1.165) is 35.4 Å². The van der Waals surface area contributed by atoms with Crippen LogP contribution in [-0.2, 0) is 4.79 Å². The van der Waals surface area contributed by atoms with Crippen molar-refractivity contribution in [2.75, 3.05) is 42.9 Å². The molecular formula is C27H29ClN6O3. The Morgan fingerprint density at radius 3 is 2.70 bits per heavy atom. The summed E-state index contributed by atoms with van der Waals surface area (Å²) in [5.74, 6) is 0.542. The molecule has 4 N–H and O–H groups in total. The number of benzene rings is 2. The fourth-order valence-corrected chi connectivity index (χ4v) is 4.95. The lowest BCUT2D eigenvalue weighted by Gasteiger charge is -2.35. The SMILES string of the molecule is CC(=O)N1CCN(c2cc(C)c3nc(-c4c(NCC(O)c5cccc(Cl)c5)cc[nH]c4=O)[nH]c3c2)CC1. The number of pyridine rings is 1. The van der Waals surface area contributed by atoms with Crippen LogP contribution in [0.3, 0.4) is 0 Å². The standard InChI is InChI=1S/C27H29ClN6O3/c1-16-12-20(34-10-8-33(9-11-34)17(2)35)14-22-25(16)32-26(31-22)24-21(6-7-29-27(24)37)30-15-23(36)18-4-3-5-19(28)13-18/h3-7,12-14,23,36H,8-11,15H2,1-2H3,(H,31,32)(H2,29,30,37). The van der Waals surface area contributed by atoms with Crippen LogP contribution >= 0.6 is 11.6 Å². The molecule has 1 unspecified atom stereocenters. The number of hydrogen-bond donors (Lipinski definition) is 4. The van der Waals surface area contributed by atoms with Gasteiger partial charge in [-0.3, -0.25) is 9.59 Å². The van der Waals surface area contributed by atoms with Crippen LogP contribution in [0.15, 0.2) is 53.5 Å².